The number of aryl methyl sites for hydroxylation is 1. The van der Waals surface area contributed by atoms with Gasteiger partial charge in [-0.05, 0) is 30.5 Å². The van der Waals surface area contributed by atoms with E-state index in [-0.39, 0.29) is 5.91 Å². The maximum Gasteiger partial charge on any atom is 0.222 e. The molecule has 3 heterocycles. The third-order valence-corrected chi connectivity index (χ3v) is 5.49. The highest BCUT2D eigenvalue weighted by atomic mass is 16.5. The molecule has 4 rings (SSSR count). The number of carbonyl (C=O) groups is 1. The van der Waals surface area contributed by atoms with Gasteiger partial charge < -0.3 is 9.64 Å². The molecule has 0 spiro atoms. The summed E-state index contributed by atoms with van der Waals surface area (Å²) in [6.07, 6.45) is 3.47. The summed E-state index contributed by atoms with van der Waals surface area (Å²) in [7, 11) is 1.69. The van der Waals surface area contributed by atoms with Gasteiger partial charge in [0.15, 0.2) is 0 Å². The highest BCUT2D eigenvalue weighted by Crippen LogP contribution is 2.20. The van der Waals surface area contributed by atoms with Crippen LogP contribution in [0.3, 0.4) is 0 Å². The van der Waals surface area contributed by atoms with E-state index in [2.05, 4.69) is 27.3 Å². The number of amides is 1. The average molecular weight is 369 g/mol. The highest BCUT2D eigenvalue weighted by molar-refractivity contribution is 5.76. The van der Waals surface area contributed by atoms with Gasteiger partial charge in [0.2, 0.25) is 5.91 Å². The van der Waals surface area contributed by atoms with Crippen LogP contribution in [0.5, 0.6) is 5.75 Å². The van der Waals surface area contributed by atoms with E-state index in [1.807, 2.05) is 21.7 Å². The first kappa shape index (κ1) is 18.0. The lowest BCUT2D eigenvalue weighted by atomic mass is 10.1. The zero-order valence-electron chi connectivity index (χ0n) is 15.9. The van der Waals surface area contributed by atoms with Crippen molar-refractivity contribution < 1.29 is 9.53 Å². The summed E-state index contributed by atoms with van der Waals surface area (Å²) in [6.45, 7) is 5.29. The molecule has 1 aromatic carbocycles. The van der Waals surface area contributed by atoms with E-state index in [1.165, 1.54) is 5.56 Å². The van der Waals surface area contributed by atoms with Gasteiger partial charge in [0.25, 0.3) is 0 Å². The molecule has 1 aromatic heterocycles. The molecule has 7 nitrogen and oxygen atoms in total. The summed E-state index contributed by atoms with van der Waals surface area (Å²) in [5.41, 5.74) is 3.36. The van der Waals surface area contributed by atoms with Crippen LogP contribution in [0, 0.1) is 0 Å². The second kappa shape index (κ2) is 8.08. The molecule has 2 aliphatic rings. The number of fused-ring (bicyclic) bond motifs is 1. The first-order valence-electron chi connectivity index (χ1n) is 9.77. The molecule has 0 atom stereocenters. The Bertz CT molecular complexity index is 797. The monoisotopic (exact) mass is 369 g/mol. The fraction of sp³-hybridized carbons (Fsp3) is 0.550. The molecule has 2 aromatic rings. The molecule has 0 bridgehead atoms. The van der Waals surface area contributed by atoms with E-state index in [0.29, 0.717) is 12.8 Å². The first-order chi connectivity index (χ1) is 13.2. The fourth-order valence-electron chi connectivity index (χ4n) is 3.96. The van der Waals surface area contributed by atoms with Crippen LogP contribution in [-0.4, -0.2) is 57.4 Å². The van der Waals surface area contributed by atoms with E-state index in [0.717, 1.165) is 69.2 Å². The van der Waals surface area contributed by atoms with Crippen molar-refractivity contribution in [3.05, 3.63) is 41.2 Å². The number of aromatic nitrogens is 3. The third kappa shape index (κ3) is 4.13. The van der Waals surface area contributed by atoms with Crippen LogP contribution < -0.4 is 4.74 Å². The topological polar surface area (TPSA) is 63.5 Å². The molecule has 0 radical (unpaired) electrons. The van der Waals surface area contributed by atoms with Crippen LogP contribution >= 0.6 is 0 Å². The Balaban J connectivity index is 1.38. The quantitative estimate of drug-likeness (QED) is 0.778. The number of hydrogen-bond donors (Lipinski definition) is 0. The van der Waals surface area contributed by atoms with Gasteiger partial charge in [0.1, 0.15) is 5.75 Å². The van der Waals surface area contributed by atoms with Crippen molar-refractivity contribution in [2.45, 2.75) is 45.3 Å². The Labute approximate surface area is 159 Å². The van der Waals surface area contributed by atoms with Crippen molar-refractivity contribution in [3.8, 4) is 5.75 Å². The van der Waals surface area contributed by atoms with Crippen molar-refractivity contribution in [1.29, 1.82) is 0 Å². The smallest absolute Gasteiger partial charge is 0.222 e. The van der Waals surface area contributed by atoms with Crippen LogP contribution in [0.2, 0.25) is 0 Å². The van der Waals surface area contributed by atoms with Gasteiger partial charge in [-0.1, -0.05) is 17.3 Å². The van der Waals surface area contributed by atoms with Crippen molar-refractivity contribution in [2.75, 3.05) is 26.7 Å². The number of carbonyl (C=O) groups excluding carboxylic acids is 1. The summed E-state index contributed by atoms with van der Waals surface area (Å²) in [6, 6.07) is 8.20. The highest BCUT2D eigenvalue weighted by Gasteiger charge is 2.23. The van der Waals surface area contributed by atoms with E-state index in [9.17, 15) is 4.79 Å². The SMILES string of the molecule is COc1cccc(CN2CCn3nnc(CCC(=O)N4CCCC4)c3C2)c1. The van der Waals surface area contributed by atoms with Crippen LogP contribution in [0.4, 0.5) is 0 Å². The summed E-state index contributed by atoms with van der Waals surface area (Å²) in [4.78, 5) is 16.7. The lowest BCUT2D eigenvalue weighted by molar-refractivity contribution is -0.130. The maximum absolute atomic E-state index is 12.3. The maximum atomic E-state index is 12.3. The van der Waals surface area contributed by atoms with E-state index < -0.39 is 0 Å². The Morgan fingerprint density at radius 1 is 1.19 bits per heavy atom. The molecule has 2 aliphatic heterocycles. The predicted octanol–water partition coefficient (Wildman–Crippen LogP) is 1.86. The van der Waals surface area contributed by atoms with E-state index >= 15 is 0 Å². The number of benzene rings is 1. The molecule has 1 saturated heterocycles. The largest absolute Gasteiger partial charge is 0.497 e. The average Bonchev–Trinajstić information content (AvgIpc) is 3.36. The molecular formula is C20H27N5O2. The van der Waals surface area contributed by atoms with Crippen LogP contribution in [0.15, 0.2) is 24.3 Å². The molecule has 1 fully saturated rings. The molecule has 144 valence electrons. The van der Waals surface area contributed by atoms with Gasteiger partial charge in [-0.15, -0.1) is 5.10 Å². The molecule has 27 heavy (non-hydrogen) atoms. The summed E-state index contributed by atoms with van der Waals surface area (Å²) in [5.74, 6) is 1.13. The lowest BCUT2D eigenvalue weighted by Crippen LogP contribution is -2.34. The number of nitrogens with zero attached hydrogens (tertiary/aromatic N) is 5. The number of likely N-dealkylation sites (tertiary alicyclic amines) is 1. The number of hydrogen-bond acceptors (Lipinski definition) is 5. The first-order valence-corrected chi connectivity index (χ1v) is 9.77. The zero-order valence-corrected chi connectivity index (χ0v) is 15.9. The molecule has 0 saturated carbocycles. The standard InChI is InChI=1S/C20H27N5O2/c1-27-17-6-4-5-16(13-17)14-23-11-12-25-19(15-23)18(21-22-25)7-8-20(26)24-9-2-3-10-24/h4-6,13H,2-3,7-12,14-15H2,1H3. The van der Waals surface area contributed by atoms with Crippen molar-refractivity contribution in [3.63, 3.8) is 0 Å². The van der Waals surface area contributed by atoms with Gasteiger partial charge in [0, 0.05) is 45.6 Å². The van der Waals surface area contributed by atoms with Gasteiger partial charge in [-0.3, -0.25) is 9.69 Å². The second-order valence-corrected chi connectivity index (χ2v) is 7.36. The van der Waals surface area contributed by atoms with Gasteiger partial charge in [-0.25, -0.2) is 4.68 Å². The number of rotatable bonds is 6. The zero-order chi connectivity index (χ0) is 18.6. The van der Waals surface area contributed by atoms with Crippen LogP contribution in [0.1, 0.15) is 36.2 Å². The molecule has 7 heteroatoms. The van der Waals surface area contributed by atoms with Crippen LogP contribution in [-0.2, 0) is 30.8 Å². The minimum atomic E-state index is 0.248. The van der Waals surface area contributed by atoms with Crippen LogP contribution in [0.25, 0.3) is 0 Å². The Morgan fingerprint density at radius 2 is 2.04 bits per heavy atom. The van der Waals surface area contributed by atoms with E-state index in [1.54, 1.807) is 7.11 Å². The normalized spacial score (nSPS) is 17.1. The molecule has 0 unspecified atom stereocenters. The van der Waals surface area contributed by atoms with Crippen molar-refractivity contribution in [2.24, 2.45) is 0 Å². The molecular weight excluding hydrogens is 342 g/mol. The Morgan fingerprint density at radius 3 is 2.85 bits per heavy atom. The minimum absolute atomic E-state index is 0.248. The summed E-state index contributed by atoms with van der Waals surface area (Å²) < 4.78 is 7.32. The minimum Gasteiger partial charge on any atom is -0.497 e. The van der Waals surface area contributed by atoms with Crippen molar-refractivity contribution >= 4 is 5.91 Å². The Kier molecular flexibility index (Phi) is 5.38. The third-order valence-electron chi connectivity index (χ3n) is 5.49. The summed E-state index contributed by atoms with van der Waals surface area (Å²) >= 11 is 0. The van der Waals surface area contributed by atoms with Gasteiger partial charge in [-0.2, -0.15) is 0 Å². The number of methoxy groups -OCH3 is 1. The molecule has 1 amide bonds. The van der Waals surface area contributed by atoms with Gasteiger partial charge in [0.05, 0.1) is 25.0 Å². The summed E-state index contributed by atoms with van der Waals surface area (Å²) in [5, 5.41) is 8.66. The lowest BCUT2D eigenvalue weighted by Gasteiger charge is -2.27. The molecule has 0 aliphatic carbocycles. The van der Waals surface area contributed by atoms with Crippen molar-refractivity contribution in [1.82, 2.24) is 24.8 Å². The second-order valence-electron chi connectivity index (χ2n) is 7.36. The fourth-order valence-corrected chi connectivity index (χ4v) is 3.96. The van der Waals surface area contributed by atoms with Gasteiger partial charge >= 0.3 is 0 Å². The Hall–Kier alpha value is -2.41. The number of ether oxygens (including phenoxy) is 1. The van der Waals surface area contributed by atoms with E-state index in [4.69, 9.17) is 4.74 Å². The molecule has 0 N–H and O–H groups in total. The predicted molar refractivity (Wildman–Crippen MR) is 101 cm³/mol.